The number of hydrogen-bond acceptors (Lipinski definition) is 5. The summed E-state index contributed by atoms with van der Waals surface area (Å²) in [5, 5.41) is 2.80. The molecule has 2 aliphatic rings. The lowest BCUT2D eigenvalue weighted by Crippen LogP contribution is -2.41. The van der Waals surface area contributed by atoms with Gasteiger partial charge in [0, 0.05) is 56.8 Å². The number of anilines is 1. The number of ether oxygens (including phenoxy) is 1. The SMILES string of the molecule is C[C@@H](c1ccco1)N(C)Cc1cccc(OC2CCN(C(=O)c3cccc(N4CCNC4=O)c3)CC2)c1. The Bertz CT molecular complexity index is 1220. The molecule has 3 amide bonds. The van der Waals surface area contributed by atoms with E-state index in [0.29, 0.717) is 31.7 Å². The number of rotatable bonds is 8. The second-order valence-corrected chi connectivity index (χ2v) is 9.80. The molecule has 3 aromatic rings. The zero-order chi connectivity index (χ0) is 25.8. The summed E-state index contributed by atoms with van der Waals surface area (Å²) in [6.07, 6.45) is 3.33. The van der Waals surface area contributed by atoms with Crippen molar-refractivity contribution in [1.82, 2.24) is 15.1 Å². The monoisotopic (exact) mass is 502 g/mol. The van der Waals surface area contributed by atoms with Gasteiger partial charge in [0.15, 0.2) is 0 Å². The Morgan fingerprint density at radius 3 is 2.65 bits per heavy atom. The summed E-state index contributed by atoms with van der Waals surface area (Å²) in [5.74, 6) is 1.80. The highest BCUT2D eigenvalue weighted by Gasteiger charge is 2.26. The van der Waals surface area contributed by atoms with Gasteiger partial charge in [-0.25, -0.2) is 4.79 Å². The Balaban J connectivity index is 1.14. The number of nitrogens with one attached hydrogen (secondary N) is 1. The van der Waals surface area contributed by atoms with Gasteiger partial charge in [-0.3, -0.25) is 14.6 Å². The second kappa shape index (κ2) is 11.1. The number of hydrogen-bond donors (Lipinski definition) is 1. The van der Waals surface area contributed by atoms with Crippen molar-refractivity contribution < 1.29 is 18.7 Å². The van der Waals surface area contributed by atoms with Crippen molar-refractivity contribution in [2.45, 2.75) is 38.5 Å². The number of carbonyl (C=O) groups is 2. The van der Waals surface area contributed by atoms with Crippen molar-refractivity contribution in [3.63, 3.8) is 0 Å². The van der Waals surface area contributed by atoms with Gasteiger partial charge in [-0.15, -0.1) is 0 Å². The summed E-state index contributed by atoms with van der Waals surface area (Å²) < 4.78 is 11.9. The Morgan fingerprint density at radius 2 is 1.92 bits per heavy atom. The number of furan rings is 1. The number of nitrogens with zero attached hydrogens (tertiary/aromatic N) is 3. The predicted octanol–water partition coefficient (Wildman–Crippen LogP) is 4.69. The third kappa shape index (κ3) is 5.80. The molecule has 0 bridgehead atoms. The minimum Gasteiger partial charge on any atom is -0.490 e. The average molecular weight is 503 g/mol. The Kier molecular flexibility index (Phi) is 7.46. The second-order valence-electron chi connectivity index (χ2n) is 9.80. The maximum absolute atomic E-state index is 13.2. The molecule has 0 radical (unpaired) electrons. The molecule has 1 aromatic heterocycles. The summed E-state index contributed by atoms with van der Waals surface area (Å²) in [5.41, 5.74) is 2.54. The van der Waals surface area contributed by atoms with Crippen LogP contribution in [0.1, 0.15) is 47.5 Å². The average Bonchev–Trinajstić information content (AvgIpc) is 3.61. The molecular formula is C29H34N4O4. The van der Waals surface area contributed by atoms with Crippen molar-refractivity contribution in [3.05, 3.63) is 83.8 Å². The normalized spacial score (nSPS) is 17.2. The van der Waals surface area contributed by atoms with Crippen LogP contribution in [0.4, 0.5) is 10.5 Å². The van der Waals surface area contributed by atoms with Crippen LogP contribution in [0.3, 0.4) is 0 Å². The van der Waals surface area contributed by atoms with E-state index in [4.69, 9.17) is 9.15 Å². The minimum atomic E-state index is -0.120. The Hall–Kier alpha value is -3.78. The fourth-order valence-electron chi connectivity index (χ4n) is 4.96. The summed E-state index contributed by atoms with van der Waals surface area (Å²) in [6.45, 7) is 5.42. The molecule has 0 saturated carbocycles. The fraction of sp³-hybridized carbons (Fsp3) is 0.379. The molecule has 37 heavy (non-hydrogen) atoms. The molecular weight excluding hydrogens is 468 g/mol. The zero-order valence-electron chi connectivity index (χ0n) is 21.4. The highest BCUT2D eigenvalue weighted by atomic mass is 16.5. The molecule has 0 spiro atoms. The molecule has 2 fully saturated rings. The lowest BCUT2D eigenvalue weighted by molar-refractivity contribution is 0.0595. The van der Waals surface area contributed by atoms with Crippen LogP contribution in [-0.2, 0) is 6.54 Å². The van der Waals surface area contributed by atoms with Crippen LogP contribution in [-0.4, -0.2) is 61.1 Å². The summed E-state index contributed by atoms with van der Waals surface area (Å²) in [6, 6.07) is 19.5. The van der Waals surface area contributed by atoms with Crippen LogP contribution in [0, 0.1) is 0 Å². The van der Waals surface area contributed by atoms with Crippen molar-refractivity contribution in [2.24, 2.45) is 0 Å². The molecule has 2 saturated heterocycles. The van der Waals surface area contributed by atoms with Gasteiger partial charge in [0.05, 0.1) is 12.3 Å². The first kappa shape index (κ1) is 24.9. The smallest absolute Gasteiger partial charge is 0.321 e. The van der Waals surface area contributed by atoms with E-state index in [1.165, 1.54) is 5.56 Å². The van der Waals surface area contributed by atoms with Crippen molar-refractivity contribution in [3.8, 4) is 5.75 Å². The topological polar surface area (TPSA) is 78.3 Å². The van der Waals surface area contributed by atoms with E-state index in [1.807, 2.05) is 53.4 Å². The molecule has 3 heterocycles. The van der Waals surface area contributed by atoms with Gasteiger partial charge in [-0.1, -0.05) is 18.2 Å². The quantitative estimate of drug-likeness (QED) is 0.484. The van der Waals surface area contributed by atoms with Crippen molar-refractivity contribution >= 4 is 17.6 Å². The lowest BCUT2D eigenvalue weighted by atomic mass is 10.1. The number of amides is 3. The summed E-state index contributed by atoms with van der Waals surface area (Å²) >= 11 is 0. The van der Waals surface area contributed by atoms with Gasteiger partial charge in [-0.2, -0.15) is 0 Å². The number of piperidine rings is 1. The van der Waals surface area contributed by atoms with Crippen molar-refractivity contribution in [2.75, 3.05) is 38.1 Å². The minimum absolute atomic E-state index is 0.00406. The van der Waals surface area contributed by atoms with Crippen LogP contribution in [0.5, 0.6) is 5.75 Å². The molecule has 8 nitrogen and oxygen atoms in total. The molecule has 8 heteroatoms. The van der Waals surface area contributed by atoms with E-state index in [1.54, 1.807) is 11.2 Å². The van der Waals surface area contributed by atoms with E-state index in [0.717, 1.165) is 36.6 Å². The van der Waals surface area contributed by atoms with Gasteiger partial charge in [0.1, 0.15) is 17.6 Å². The Labute approximate surface area is 217 Å². The van der Waals surface area contributed by atoms with Crippen LogP contribution < -0.4 is 15.0 Å². The van der Waals surface area contributed by atoms with Crippen molar-refractivity contribution in [1.29, 1.82) is 0 Å². The predicted molar refractivity (Wildman–Crippen MR) is 142 cm³/mol. The first-order valence-electron chi connectivity index (χ1n) is 12.9. The number of carbonyl (C=O) groups excluding carboxylic acids is 2. The highest BCUT2D eigenvalue weighted by molar-refractivity contribution is 5.98. The lowest BCUT2D eigenvalue weighted by Gasteiger charge is -2.32. The maximum atomic E-state index is 13.2. The number of benzene rings is 2. The van der Waals surface area contributed by atoms with E-state index in [9.17, 15) is 9.59 Å². The van der Waals surface area contributed by atoms with Crippen LogP contribution in [0.25, 0.3) is 0 Å². The van der Waals surface area contributed by atoms with Gasteiger partial charge in [-0.05, 0) is 62.0 Å². The summed E-state index contributed by atoms with van der Waals surface area (Å²) in [7, 11) is 2.09. The first-order valence-corrected chi connectivity index (χ1v) is 12.9. The van der Waals surface area contributed by atoms with E-state index in [-0.39, 0.29) is 24.1 Å². The molecule has 194 valence electrons. The maximum Gasteiger partial charge on any atom is 0.321 e. The first-order chi connectivity index (χ1) is 18.0. The third-order valence-corrected chi connectivity index (χ3v) is 7.24. The van der Waals surface area contributed by atoms with E-state index >= 15 is 0 Å². The standard InChI is InChI=1S/C29H34N4O4/c1-21(27-10-5-17-36-27)31(2)20-22-6-3-9-26(18-22)37-25-11-14-32(15-12-25)28(34)23-7-4-8-24(19-23)33-16-13-30-29(33)35/h3-10,17-19,21,25H,11-16,20H2,1-2H3,(H,30,35)/t21-/m0/s1. The Morgan fingerprint density at radius 1 is 1.11 bits per heavy atom. The van der Waals surface area contributed by atoms with E-state index < -0.39 is 0 Å². The molecule has 5 rings (SSSR count). The number of urea groups is 1. The van der Waals surface area contributed by atoms with Crippen LogP contribution in [0.15, 0.2) is 71.3 Å². The molecule has 1 N–H and O–H groups in total. The highest BCUT2D eigenvalue weighted by Crippen LogP contribution is 2.25. The molecule has 1 atom stereocenters. The van der Waals surface area contributed by atoms with Gasteiger partial charge >= 0.3 is 6.03 Å². The largest absolute Gasteiger partial charge is 0.490 e. The fourth-order valence-corrected chi connectivity index (χ4v) is 4.96. The van der Waals surface area contributed by atoms with Gasteiger partial charge < -0.3 is 19.4 Å². The molecule has 2 aliphatic heterocycles. The van der Waals surface area contributed by atoms with Crippen LogP contribution >= 0.6 is 0 Å². The summed E-state index contributed by atoms with van der Waals surface area (Å²) in [4.78, 5) is 30.9. The molecule has 0 aliphatic carbocycles. The molecule has 0 unspecified atom stereocenters. The number of likely N-dealkylation sites (tertiary alicyclic amines) is 1. The van der Waals surface area contributed by atoms with E-state index in [2.05, 4.69) is 36.3 Å². The van der Waals surface area contributed by atoms with Gasteiger partial charge in [0.25, 0.3) is 5.91 Å². The van der Waals surface area contributed by atoms with Crippen LogP contribution in [0.2, 0.25) is 0 Å². The van der Waals surface area contributed by atoms with Gasteiger partial charge in [0.2, 0.25) is 0 Å². The third-order valence-electron chi connectivity index (χ3n) is 7.24. The molecule has 2 aromatic carbocycles. The zero-order valence-corrected chi connectivity index (χ0v) is 21.4.